The fourth-order valence-electron chi connectivity index (χ4n) is 2.48. The number of hydrogen-bond acceptors (Lipinski definition) is 4. The van der Waals surface area contributed by atoms with E-state index in [-0.39, 0.29) is 12.2 Å². The van der Waals surface area contributed by atoms with E-state index < -0.39 is 41.7 Å². The number of carbonyl (C=O) groups is 2. The van der Waals surface area contributed by atoms with Crippen molar-refractivity contribution in [3.05, 3.63) is 35.6 Å². The Morgan fingerprint density at radius 3 is 2.42 bits per heavy atom. The zero-order valence-electron chi connectivity index (χ0n) is 12.4. The molecule has 10 heteroatoms. The molecule has 1 fully saturated rings. The van der Waals surface area contributed by atoms with Gasteiger partial charge in [-0.25, -0.2) is 9.18 Å². The minimum Gasteiger partial charge on any atom is -0.466 e. The van der Waals surface area contributed by atoms with Gasteiger partial charge in [0.25, 0.3) is 5.72 Å². The van der Waals surface area contributed by atoms with E-state index in [1.807, 2.05) is 0 Å². The summed E-state index contributed by atoms with van der Waals surface area (Å²) in [6, 6.07) is 1.23. The highest BCUT2D eigenvalue weighted by atomic mass is 19.4. The molecule has 0 aliphatic carbocycles. The third kappa shape index (κ3) is 3.14. The van der Waals surface area contributed by atoms with Crippen molar-refractivity contribution in [3.63, 3.8) is 0 Å². The Kier molecular flexibility index (Phi) is 4.70. The second kappa shape index (κ2) is 6.27. The fourth-order valence-corrected chi connectivity index (χ4v) is 2.48. The Balaban J connectivity index is 2.55. The monoisotopic (exact) mass is 350 g/mol. The van der Waals surface area contributed by atoms with Gasteiger partial charge >= 0.3 is 18.2 Å². The van der Waals surface area contributed by atoms with Crippen molar-refractivity contribution in [3.8, 4) is 0 Å². The Bertz CT molecular complexity index is 635. The molecule has 24 heavy (non-hydrogen) atoms. The largest absolute Gasteiger partial charge is 0.466 e. The molecule has 3 atom stereocenters. The van der Waals surface area contributed by atoms with E-state index in [9.17, 15) is 32.3 Å². The summed E-state index contributed by atoms with van der Waals surface area (Å²) in [6.45, 7) is 1.15. The SMILES string of the molecule is CCOC(=O)[C@@H]1[C@H](c2ccc(F)cc2)NC(=O)N[C@@]1(O)C(F)(F)F. The molecule has 2 amide bonds. The number of ether oxygens (including phenoxy) is 1. The van der Waals surface area contributed by atoms with Crippen molar-refractivity contribution in [2.75, 3.05) is 6.61 Å². The van der Waals surface area contributed by atoms with Gasteiger partial charge in [0.2, 0.25) is 0 Å². The lowest BCUT2D eigenvalue weighted by atomic mass is 9.82. The minimum absolute atomic E-state index is 0.00646. The molecule has 0 spiro atoms. The molecule has 1 aromatic carbocycles. The van der Waals surface area contributed by atoms with Crippen LogP contribution in [-0.2, 0) is 9.53 Å². The third-order valence-electron chi connectivity index (χ3n) is 3.58. The van der Waals surface area contributed by atoms with Crippen molar-refractivity contribution >= 4 is 12.0 Å². The van der Waals surface area contributed by atoms with Gasteiger partial charge in [-0.05, 0) is 24.6 Å². The van der Waals surface area contributed by atoms with Crippen LogP contribution in [0.4, 0.5) is 22.4 Å². The topological polar surface area (TPSA) is 87.7 Å². The van der Waals surface area contributed by atoms with Gasteiger partial charge in [-0.15, -0.1) is 0 Å². The first-order valence-electron chi connectivity index (χ1n) is 6.90. The molecule has 132 valence electrons. The van der Waals surface area contributed by atoms with Gasteiger partial charge in [0.15, 0.2) is 0 Å². The number of hydrogen-bond donors (Lipinski definition) is 3. The van der Waals surface area contributed by atoms with Gasteiger partial charge in [0.1, 0.15) is 11.7 Å². The van der Waals surface area contributed by atoms with Crippen LogP contribution in [0.2, 0.25) is 0 Å². The lowest BCUT2D eigenvalue weighted by Crippen LogP contribution is -2.73. The molecule has 3 N–H and O–H groups in total. The van der Waals surface area contributed by atoms with E-state index in [0.717, 1.165) is 24.3 Å². The maximum Gasteiger partial charge on any atom is 0.437 e. The van der Waals surface area contributed by atoms with Crippen LogP contribution in [0.25, 0.3) is 0 Å². The number of nitrogens with one attached hydrogen (secondary N) is 2. The average Bonchev–Trinajstić information content (AvgIpc) is 2.46. The number of benzene rings is 1. The normalized spacial score (nSPS) is 27.2. The van der Waals surface area contributed by atoms with Gasteiger partial charge < -0.3 is 20.5 Å². The van der Waals surface area contributed by atoms with Crippen molar-refractivity contribution in [2.24, 2.45) is 5.92 Å². The molecule has 0 radical (unpaired) electrons. The summed E-state index contributed by atoms with van der Waals surface area (Å²) in [4.78, 5) is 23.7. The summed E-state index contributed by atoms with van der Waals surface area (Å²) in [5.74, 6) is -4.24. The molecule has 1 aliphatic rings. The molecule has 0 bridgehead atoms. The Morgan fingerprint density at radius 2 is 1.92 bits per heavy atom. The second-order valence-electron chi connectivity index (χ2n) is 5.12. The van der Waals surface area contributed by atoms with Crippen molar-refractivity contribution < 1.29 is 37.0 Å². The molecule has 0 aromatic heterocycles. The molecule has 6 nitrogen and oxygen atoms in total. The number of halogens is 4. The van der Waals surface area contributed by atoms with E-state index in [1.54, 1.807) is 0 Å². The van der Waals surface area contributed by atoms with E-state index >= 15 is 0 Å². The highest BCUT2D eigenvalue weighted by Crippen LogP contribution is 2.43. The molecule has 0 unspecified atom stereocenters. The van der Waals surface area contributed by atoms with Crippen molar-refractivity contribution in [2.45, 2.75) is 24.9 Å². The van der Waals surface area contributed by atoms with Crippen LogP contribution in [0.15, 0.2) is 24.3 Å². The fraction of sp³-hybridized carbons (Fsp3) is 0.429. The van der Waals surface area contributed by atoms with Crippen LogP contribution in [0.3, 0.4) is 0 Å². The zero-order valence-corrected chi connectivity index (χ0v) is 12.4. The molecule has 1 heterocycles. The molecule has 1 aromatic rings. The van der Waals surface area contributed by atoms with Crippen LogP contribution in [0.1, 0.15) is 18.5 Å². The third-order valence-corrected chi connectivity index (χ3v) is 3.58. The zero-order chi connectivity index (χ0) is 18.1. The number of esters is 1. The number of urea groups is 1. The summed E-state index contributed by atoms with van der Waals surface area (Å²) >= 11 is 0. The highest BCUT2D eigenvalue weighted by Gasteiger charge is 2.67. The van der Waals surface area contributed by atoms with Crippen LogP contribution >= 0.6 is 0 Å². The van der Waals surface area contributed by atoms with E-state index in [1.165, 1.54) is 12.2 Å². The summed E-state index contributed by atoms with van der Waals surface area (Å²) in [7, 11) is 0. The second-order valence-corrected chi connectivity index (χ2v) is 5.12. The molecule has 1 aliphatic heterocycles. The summed E-state index contributed by atoms with van der Waals surface area (Å²) in [5, 5.41) is 13.5. The number of aliphatic hydroxyl groups is 1. The van der Waals surface area contributed by atoms with Crippen LogP contribution < -0.4 is 10.6 Å². The first kappa shape index (κ1) is 18.0. The summed E-state index contributed by atoms with van der Waals surface area (Å²) < 4.78 is 57.7. The van der Waals surface area contributed by atoms with Gasteiger partial charge in [-0.2, -0.15) is 13.2 Å². The first-order valence-corrected chi connectivity index (χ1v) is 6.90. The van der Waals surface area contributed by atoms with Crippen LogP contribution in [-0.4, -0.2) is 35.6 Å². The van der Waals surface area contributed by atoms with Crippen LogP contribution in [0.5, 0.6) is 0 Å². The van der Waals surface area contributed by atoms with Crippen LogP contribution in [0, 0.1) is 11.7 Å². The van der Waals surface area contributed by atoms with E-state index in [2.05, 4.69) is 10.1 Å². The Morgan fingerprint density at radius 1 is 1.33 bits per heavy atom. The lowest BCUT2D eigenvalue weighted by molar-refractivity contribution is -0.294. The van der Waals surface area contributed by atoms with Crippen molar-refractivity contribution in [1.29, 1.82) is 0 Å². The predicted octanol–water partition coefficient (Wildman–Crippen LogP) is 1.61. The summed E-state index contributed by atoms with van der Waals surface area (Å²) in [5.41, 5.74) is -3.83. The van der Waals surface area contributed by atoms with Gasteiger partial charge in [0, 0.05) is 0 Å². The van der Waals surface area contributed by atoms with Gasteiger partial charge in [-0.1, -0.05) is 12.1 Å². The molecular weight excluding hydrogens is 336 g/mol. The number of amides is 2. The Hall–Kier alpha value is -2.36. The number of rotatable bonds is 3. The maximum atomic E-state index is 13.3. The highest BCUT2D eigenvalue weighted by molar-refractivity contribution is 5.83. The lowest BCUT2D eigenvalue weighted by Gasteiger charge is -2.44. The van der Waals surface area contributed by atoms with Gasteiger partial charge in [-0.3, -0.25) is 4.79 Å². The van der Waals surface area contributed by atoms with Crippen molar-refractivity contribution in [1.82, 2.24) is 10.6 Å². The Labute approximate surface area is 133 Å². The maximum absolute atomic E-state index is 13.3. The quantitative estimate of drug-likeness (QED) is 0.571. The first-order chi connectivity index (χ1) is 11.1. The van der Waals surface area contributed by atoms with E-state index in [0.29, 0.717) is 0 Å². The molecule has 2 rings (SSSR count). The molecule has 0 saturated carbocycles. The standard InChI is InChI=1S/C14H14F4N2O4/c1-2-24-11(21)9-10(7-3-5-8(15)6-4-7)19-12(22)20-13(9,23)14(16,17)18/h3-6,9-10,23H,2H2,1H3,(H2,19,20,22)/t9-,10-,13-/m0/s1. The summed E-state index contributed by atoms with van der Waals surface area (Å²) in [6.07, 6.45) is -5.35. The molecular formula is C14H14F4N2O4. The smallest absolute Gasteiger partial charge is 0.437 e. The number of carbonyl (C=O) groups excluding carboxylic acids is 2. The average molecular weight is 350 g/mol. The molecule has 1 saturated heterocycles. The predicted molar refractivity (Wildman–Crippen MR) is 71.9 cm³/mol. The van der Waals surface area contributed by atoms with E-state index in [4.69, 9.17) is 0 Å². The minimum atomic E-state index is -5.35. The van der Waals surface area contributed by atoms with Gasteiger partial charge in [0.05, 0.1) is 12.6 Å². The number of alkyl halides is 3.